The molecule has 6 nitrogen and oxygen atoms in total. The van der Waals surface area contributed by atoms with E-state index in [0.717, 1.165) is 12.8 Å². The molecule has 1 aliphatic heterocycles. The Morgan fingerprint density at radius 3 is 2.52 bits per heavy atom. The number of rotatable bonds is 2. The van der Waals surface area contributed by atoms with E-state index in [1.165, 1.54) is 5.56 Å². The van der Waals surface area contributed by atoms with Gasteiger partial charge in [0, 0.05) is 26.3 Å². The van der Waals surface area contributed by atoms with E-state index >= 15 is 0 Å². The Morgan fingerprint density at radius 1 is 1.22 bits per heavy atom. The van der Waals surface area contributed by atoms with Crippen molar-refractivity contribution < 1.29 is 15.0 Å². The number of phenols is 2. The van der Waals surface area contributed by atoms with Crippen LogP contribution in [0.2, 0.25) is 0 Å². The maximum absolute atomic E-state index is 12.6. The van der Waals surface area contributed by atoms with E-state index < -0.39 is 0 Å². The van der Waals surface area contributed by atoms with Crippen molar-refractivity contribution in [1.29, 1.82) is 0 Å². The van der Waals surface area contributed by atoms with Crippen LogP contribution in [0.3, 0.4) is 0 Å². The summed E-state index contributed by atoms with van der Waals surface area (Å²) in [6, 6.07) is 3.21. The number of hydrogen-bond donors (Lipinski definition) is 2. The summed E-state index contributed by atoms with van der Waals surface area (Å²) in [4.78, 5) is 14.3. The summed E-state index contributed by atoms with van der Waals surface area (Å²) < 4.78 is 1.79. The lowest BCUT2D eigenvalue weighted by molar-refractivity contribution is 0.0709. The van der Waals surface area contributed by atoms with Gasteiger partial charge in [0.1, 0.15) is 0 Å². The molecular formula is C17H21N3O3. The monoisotopic (exact) mass is 315 g/mol. The first-order valence-corrected chi connectivity index (χ1v) is 7.76. The molecule has 2 aromatic rings. The van der Waals surface area contributed by atoms with Crippen LogP contribution < -0.4 is 0 Å². The van der Waals surface area contributed by atoms with Crippen LogP contribution in [0.25, 0.3) is 0 Å². The highest BCUT2D eigenvalue weighted by atomic mass is 16.3. The molecule has 1 aliphatic rings. The van der Waals surface area contributed by atoms with Crippen LogP contribution in [-0.4, -0.2) is 43.9 Å². The summed E-state index contributed by atoms with van der Waals surface area (Å²) in [6.45, 7) is 2.95. The van der Waals surface area contributed by atoms with E-state index in [0.29, 0.717) is 24.6 Å². The molecule has 1 fully saturated rings. The number of phenolic OH excluding ortho intramolecular Hbond substituents is 2. The molecule has 0 unspecified atom stereocenters. The van der Waals surface area contributed by atoms with Crippen molar-refractivity contribution in [2.75, 3.05) is 13.1 Å². The van der Waals surface area contributed by atoms with E-state index in [-0.39, 0.29) is 23.0 Å². The molecule has 2 heterocycles. The highest BCUT2D eigenvalue weighted by Crippen LogP contribution is 2.34. The van der Waals surface area contributed by atoms with Crippen LogP contribution in [-0.2, 0) is 7.05 Å². The molecule has 122 valence electrons. The molecule has 3 rings (SSSR count). The van der Waals surface area contributed by atoms with E-state index in [4.69, 9.17) is 0 Å². The highest BCUT2D eigenvalue weighted by molar-refractivity contribution is 5.97. The quantitative estimate of drug-likeness (QED) is 0.833. The smallest absolute Gasteiger partial charge is 0.257 e. The Kier molecular flexibility index (Phi) is 3.98. The second-order valence-corrected chi connectivity index (χ2v) is 6.14. The zero-order valence-electron chi connectivity index (χ0n) is 13.4. The third-order valence-electron chi connectivity index (χ3n) is 4.56. The molecule has 2 N–H and O–H groups in total. The second kappa shape index (κ2) is 5.95. The fraction of sp³-hybridized carbons (Fsp3) is 0.412. The Hall–Kier alpha value is -2.50. The van der Waals surface area contributed by atoms with Gasteiger partial charge in [-0.1, -0.05) is 6.07 Å². The number of carbonyl (C=O) groups is 1. The molecule has 1 saturated heterocycles. The Balaban J connectivity index is 1.70. The van der Waals surface area contributed by atoms with Gasteiger partial charge in [-0.3, -0.25) is 9.48 Å². The van der Waals surface area contributed by atoms with E-state index in [1.54, 1.807) is 28.6 Å². The maximum atomic E-state index is 12.6. The number of aromatic hydroxyl groups is 2. The zero-order chi connectivity index (χ0) is 16.6. The van der Waals surface area contributed by atoms with Crippen LogP contribution in [0.4, 0.5) is 0 Å². The van der Waals surface area contributed by atoms with Crippen molar-refractivity contribution in [3.05, 3.63) is 41.2 Å². The normalized spacial score (nSPS) is 15.8. The van der Waals surface area contributed by atoms with Crippen LogP contribution >= 0.6 is 0 Å². The van der Waals surface area contributed by atoms with Gasteiger partial charge in [-0.05, 0) is 42.9 Å². The molecule has 0 spiro atoms. The van der Waals surface area contributed by atoms with Crippen molar-refractivity contribution >= 4 is 5.91 Å². The number of likely N-dealkylation sites (tertiary alicyclic amines) is 1. The van der Waals surface area contributed by atoms with Gasteiger partial charge < -0.3 is 15.1 Å². The SMILES string of the molecule is Cc1ccc(C(=O)N2CCC(c3cnn(C)c3)CC2)c(O)c1O. The van der Waals surface area contributed by atoms with Crippen LogP contribution in [0.1, 0.15) is 40.2 Å². The molecule has 23 heavy (non-hydrogen) atoms. The lowest BCUT2D eigenvalue weighted by Crippen LogP contribution is -2.37. The van der Waals surface area contributed by atoms with Gasteiger partial charge in [0.15, 0.2) is 11.5 Å². The van der Waals surface area contributed by atoms with Crippen molar-refractivity contribution in [1.82, 2.24) is 14.7 Å². The van der Waals surface area contributed by atoms with Crippen molar-refractivity contribution in [2.24, 2.45) is 7.05 Å². The molecule has 0 atom stereocenters. The molecule has 6 heteroatoms. The fourth-order valence-corrected chi connectivity index (χ4v) is 3.09. The number of hydrogen-bond acceptors (Lipinski definition) is 4. The Morgan fingerprint density at radius 2 is 1.91 bits per heavy atom. The van der Waals surface area contributed by atoms with Gasteiger partial charge in [-0.2, -0.15) is 5.10 Å². The first-order valence-electron chi connectivity index (χ1n) is 7.76. The van der Waals surface area contributed by atoms with E-state index in [1.807, 2.05) is 19.4 Å². The number of aromatic nitrogens is 2. The number of amides is 1. The minimum Gasteiger partial charge on any atom is -0.504 e. The average molecular weight is 315 g/mol. The topological polar surface area (TPSA) is 78.6 Å². The molecular weight excluding hydrogens is 294 g/mol. The minimum atomic E-state index is -0.329. The van der Waals surface area contributed by atoms with Gasteiger partial charge in [0.25, 0.3) is 5.91 Å². The van der Waals surface area contributed by atoms with Gasteiger partial charge >= 0.3 is 0 Å². The van der Waals surface area contributed by atoms with Gasteiger partial charge in [0.05, 0.1) is 11.8 Å². The van der Waals surface area contributed by atoms with E-state index in [2.05, 4.69) is 5.10 Å². The van der Waals surface area contributed by atoms with Gasteiger partial charge in [-0.15, -0.1) is 0 Å². The lowest BCUT2D eigenvalue weighted by Gasteiger charge is -2.31. The van der Waals surface area contributed by atoms with E-state index in [9.17, 15) is 15.0 Å². The summed E-state index contributed by atoms with van der Waals surface area (Å²) in [5, 5.41) is 24.0. The van der Waals surface area contributed by atoms with Crippen LogP contribution in [0.15, 0.2) is 24.5 Å². The average Bonchev–Trinajstić information content (AvgIpc) is 2.99. The Bertz CT molecular complexity index is 731. The summed E-state index contributed by atoms with van der Waals surface area (Å²) in [7, 11) is 1.90. The maximum Gasteiger partial charge on any atom is 0.257 e. The molecule has 1 aromatic carbocycles. The first kappa shape index (κ1) is 15.4. The molecule has 0 aliphatic carbocycles. The third-order valence-corrected chi connectivity index (χ3v) is 4.56. The van der Waals surface area contributed by atoms with Gasteiger partial charge in [0.2, 0.25) is 0 Å². The van der Waals surface area contributed by atoms with Crippen molar-refractivity contribution in [3.8, 4) is 11.5 Å². The Labute approximate surface area is 135 Å². The minimum absolute atomic E-state index is 0.160. The molecule has 1 amide bonds. The number of piperidine rings is 1. The second-order valence-electron chi connectivity index (χ2n) is 6.14. The first-order chi connectivity index (χ1) is 11.0. The summed E-state index contributed by atoms with van der Waals surface area (Å²) in [5.74, 6) is -0.374. The lowest BCUT2D eigenvalue weighted by atomic mass is 9.91. The summed E-state index contributed by atoms with van der Waals surface area (Å²) >= 11 is 0. The molecule has 1 aromatic heterocycles. The van der Waals surface area contributed by atoms with Crippen LogP contribution in [0.5, 0.6) is 11.5 Å². The molecule has 0 bridgehead atoms. The number of nitrogens with zero attached hydrogens (tertiary/aromatic N) is 3. The third kappa shape index (κ3) is 2.88. The van der Waals surface area contributed by atoms with Crippen molar-refractivity contribution in [3.63, 3.8) is 0 Å². The number of benzene rings is 1. The fourth-order valence-electron chi connectivity index (χ4n) is 3.09. The summed E-state index contributed by atoms with van der Waals surface area (Å²) in [5.41, 5.74) is 1.91. The zero-order valence-corrected chi connectivity index (χ0v) is 13.4. The number of aryl methyl sites for hydroxylation is 2. The predicted octanol–water partition coefficient (Wildman–Crippen LogP) is 2.16. The van der Waals surface area contributed by atoms with Crippen LogP contribution in [0, 0.1) is 6.92 Å². The standard InChI is InChI=1S/C17H21N3O3/c1-11-3-4-14(16(22)15(11)21)17(23)20-7-5-12(6-8-20)13-9-18-19(2)10-13/h3-4,9-10,12,21-22H,5-8H2,1-2H3. The molecule has 0 saturated carbocycles. The number of carbonyl (C=O) groups excluding carboxylic acids is 1. The summed E-state index contributed by atoms with van der Waals surface area (Å²) in [6.07, 6.45) is 5.64. The highest BCUT2D eigenvalue weighted by Gasteiger charge is 2.27. The van der Waals surface area contributed by atoms with Crippen molar-refractivity contribution in [2.45, 2.75) is 25.7 Å². The largest absolute Gasteiger partial charge is 0.504 e. The van der Waals surface area contributed by atoms with Gasteiger partial charge in [-0.25, -0.2) is 0 Å². The molecule has 0 radical (unpaired) electrons. The predicted molar refractivity (Wildman–Crippen MR) is 85.6 cm³/mol.